The lowest BCUT2D eigenvalue weighted by Gasteiger charge is -2.18. The van der Waals surface area contributed by atoms with Crippen molar-refractivity contribution >= 4 is 23.7 Å². The number of amides is 1. The largest absolute Gasteiger partial charge is 0.446 e. The fraction of sp³-hybridized carbons (Fsp3) is 0.143. The van der Waals surface area contributed by atoms with Crippen LogP contribution < -0.4 is 5.32 Å². The van der Waals surface area contributed by atoms with E-state index in [1.807, 2.05) is 0 Å². The predicted octanol–water partition coefficient (Wildman–Crippen LogP) is 5.09. The van der Waals surface area contributed by atoms with Crippen LogP contribution >= 0.6 is 11.8 Å². The molecule has 0 spiro atoms. The Labute approximate surface area is 174 Å². The summed E-state index contributed by atoms with van der Waals surface area (Å²) in [7, 11) is 1.76. The van der Waals surface area contributed by atoms with Crippen molar-refractivity contribution in [3.63, 3.8) is 0 Å². The first-order valence-electron chi connectivity index (χ1n) is 8.78. The molecular formula is C21H17F4N3OS. The van der Waals surface area contributed by atoms with Crippen LogP contribution in [0.25, 0.3) is 6.08 Å². The van der Waals surface area contributed by atoms with E-state index in [2.05, 4.69) is 10.3 Å². The molecule has 0 bridgehead atoms. The maximum absolute atomic E-state index is 13.7. The van der Waals surface area contributed by atoms with E-state index in [-0.39, 0.29) is 16.7 Å². The smallest absolute Gasteiger partial charge is 0.339 e. The summed E-state index contributed by atoms with van der Waals surface area (Å²) in [5, 5.41) is 2.79. The minimum Gasteiger partial charge on any atom is -0.339 e. The Kier molecular flexibility index (Phi) is 6.61. The van der Waals surface area contributed by atoms with Crippen LogP contribution in [-0.4, -0.2) is 21.0 Å². The first kappa shape index (κ1) is 21.6. The molecule has 3 aromatic rings. The number of hydrogen-bond acceptors (Lipinski definition) is 3. The molecule has 0 radical (unpaired) electrons. The maximum Gasteiger partial charge on any atom is 0.446 e. The third-order valence-electron chi connectivity index (χ3n) is 4.13. The molecule has 1 amide bonds. The number of carbonyl (C=O) groups excluding carboxylic acids is 1. The molecule has 0 aliphatic carbocycles. The van der Waals surface area contributed by atoms with Crippen LogP contribution in [0.3, 0.4) is 0 Å². The van der Waals surface area contributed by atoms with E-state index < -0.39 is 23.3 Å². The van der Waals surface area contributed by atoms with E-state index >= 15 is 0 Å². The number of aromatic nitrogens is 2. The summed E-state index contributed by atoms with van der Waals surface area (Å²) in [6, 6.07) is 10.8. The highest BCUT2D eigenvalue weighted by molar-refractivity contribution is 8.00. The summed E-state index contributed by atoms with van der Waals surface area (Å²) < 4.78 is 52.6. The molecule has 3 rings (SSSR count). The van der Waals surface area contributed by atoms with Crippen molar-refractivity contribution in [2.24, 2.45) is 7.05 Å². The van der Waals surface area contributed by atoms with Gasteiger partial charge in [0.1, 0.15) is 17.7 Å². The average molecular weight is 435 g/mol. The highest BCUT2D eigenvalue weighted by Crippen LogP contribution is 2.36. The van der Waals surface area contributed by atoms with Gasteiger partial charge >= 0.3 is 5.51 Å². The summed E-state index contributed by atoms with van der Waals surface area (Å²) in [4.78, 5) is 16.8. The van der Waals surface area contributed by atoms with Crippen LogP contribution in [0.15, 0.2) is 71.9 Å². The standard InChI is InChI=1S/C21H17F4N3OS/c1-28-12-11-26-20(28)19(15-3-2-4-16(22)13-15)27-18(29)10-7-14-5-8-17(9-6-14)30-21(23,24)25/h2-13,19H,1H3,(H,27,29)/b10-7+. The molecule has 0 aliphatic rings. The molecular weight excluding hydrogens is 418 g/mol. The number of rotatable bonds is 6. The molecule has 0 saturated carbocycles. The highest BCUT2D eigenvalue weighted by atomic mass is 32.2. The van der Waals surface area contributed by atoms with Gasteiger partial charge in [-0.15, -0.1) is 0 Å². The molecule has 1 N–H and O–H groups in total. The number of nitrogens with one attached hydrogen (secondary N) is 1. The zero-order valence-corrected chi connectivity index (χ0v) is 16.5. The van der Waals surface area contributed by atoms with Crippen LogP contribution in [0, 0.1) is 5.82 Å². The average Bonchev–Trinajstić information content (AvgIpc) is 3.10. The van der Waals surface area contributed by atoms with Crippen molar-refractivity contribution in [2.45, 2.75) is 16.4 Å². The normalized spacial score (nSPS) is 12.8. The Hall–Kier alpha value is -3.07. The number of thioether (sulfide) groups is 1. The van der Waals surface area contributed by atoms with Gasteiger partial charge in [0, 0.05) is 30.4 Å². The van der Waals surface area contributed by atoms with Crippen molar-refractivity contribution in [1.29, 1.82) is 0 Å². The number of halogens is 4. The molecule has 1 aromatic heterocycles. The van der Waals surface area contributed by atoms with Crippen molar-refractivity contribution in [1.82, 2.24) is 14.9 Å². The summed E-state index contributed by atoms with van der Waals surface area (Å²) in [6.45, 7) is 0. The lowest BCUT2D eigenvalue weighted by molar-refractivity contribution is -0.117. The maximum atomic E-state index is 13.7. The molecule has 4 nitrogen and oxygen atoms in total. The fourth-order valence-electron chi connectivity index (χ4n) is 2.78. The van der Waals surface area contributed by atoms with E-state index in [1.165, 1.54) is 48.6 Å². The number of carbonyl (C=O) groups is 1. The minimum absolute atomic E-state index is 0.0602. The first-order chi connectivity index (χ1) is 14.2. The molecule has 2 aromatic carbocycles. The summed E-state index contributed by atoms with van der Waals surface area (Å²) in [5.74, 6) is -0.370. The molecule has 1 atom stereocenters. The summed E-state index contributed by atoms with van der Waals surface area (Å²) >= 11 is -0.202. The van der Waals surface area contributed by atoms with Crippen LogP contribution in [0.2, 0.25) is 0 Å². The zero-order chi connectivity index (χ0) is 21.7. The zero-order valence-electron chi connectivity index (χ0n) is 15.7. The number of hydrogen-bond donors (Lipinski definition) is 1. The SMILES string of the molecule is Cn1ccnc1C(NC(=O)/C=C/c1ccc(SC(F)(F)F)cc1)c1cccc(F)c1. The van der Waals surface area contributed by atoms with E-state index in [9.17, 15) is 22.4 Å². The van der Waals surface area contributed by atoms with Gasteiger partial charge in [-0.3, -0.25) is 4.79 Å². The second kappa shape index (κ2) is 9.17. The Morgan fingerprint density at radius 1 is 1.20 bits per heavy atom. The van der Waals surface area contributed by atoms with Gasteiger partial charge in [0.05, 0.1) is 0 Å². The van der Waals surface area contributed by atoms with E-state index in [0.29, 0.717) is 17.0 Å². The van der Waals surface area contributed by atoms with Gasteiger partial charge in [0.2, 0.25) is 5.91 Å². The fourth-order valence-corrected chi connectivity index (χ4v) is 3.32. The molecule has 0 aliphatic heterocycles. The second-order valence-corrected chi connectivity index (χ2v) is 7.48. The number of imidazole rings is 1. The summed E-state index contributed by atoms with van der Waals surface area (Å²) in [6.07, 6.45) is 6.04. The van der Waals surface area contributed by atoms with Gasteiger partial charge in [-0.25, -0.2) is 9.37 Å². The van der Waals surface area contributed by atoms with Gasteiger partial charge < -0.3 is 9.88 Å². The number of benzene rings is 2. The quantitative estimate of drug-likeness (QED) is 0.333. The Bertz CT molecular complexity index is 1040. The van der Waals surface area contributed by atoms with Crippen LogP contribution in [0.4, 0.5) is 17.6 Å². The van der Waals surface area contributed by atoms with E-state index in [1.54, 1.807) is 36.1 Å². The molecule has 1 unspecified atom stereocenters. The lowest BCUT2D eigenvalue weighted by Crippen LogP contribution is -2.29. The van der Waals surface area contributed by atoms with Crippen LogP contribution in [0.1, 0.15) is 23.0 Å². The predicted molar refractivity (Wildman–Crippen MR) is 107 cm³/mol. The Morgan fingerprint density at radius 2 is 1.93 bits per heavy atom. The van der Waals surface area contributed by atoms with Gasteiger partial charge in [-0.1, -0.05) is 24.3 Å². The molecule has 0 fully saturated rings. The van der Waals surface area contributed by atoms with E-state index in [4.69, 9.17) is 0 Å². The number of alkyl halides is 3. The molecule has 156 valence electrons. The molecule has 30 heavy (non-hydrogen) atoms. The topological polar surface area (TPSA) is 46.9 Å². The van der Waals surface area contributed by atoms with Gasteiger partial charge in [0.25, 0.3) is 0 Å². The van der Waals surface area contributed by atoms with Crippen molar-refractivity contribution < 1.29 is 22.4 Å². The summed E-state index contributed by atoms with van der Waals surface area (Å²) in [5.41, 5.74) is -3.26. The van der Waals surface area contributed by atoms with Crippen molar-refractivity contribution in [3.8, 4) is 0 Å². The van der Waals surface area contributed by atoms with Crippen molar-refractivity contribution in [3.05, 3.63) is 89.8 Å². The number of aryl methyl sites for hydroxylation is 1. The van der Waals surface area contributed by atoms with Gasteiger partial charge in [-0.2, -0.15) is 13.2 Å². The third kappa shape index (κ3) is 5.96. The minimum atomic E-state index is -4.35. The molecule has 9 heteroatoms. The lowest BCUT2D eigenvalue weighted by atomic mass is 10.1. The van der Waals surface area contributed by atoms with Crippen LogP contribution in [-0.2, 0) is 11.8 Å². The van der Waals surface area contributed by atoms with Crippen molar-refractivity contribution in [2.75, 3.05) is 0 Å². The molecule has 1 heterocycles. The monoisotopic (exact) mass is 435 g/mol. The van der Waals surface area contributed by atoms with E-state index in [0.717, 1.165) is 0 Å². The van der Waals surface area contributed by atoms with Crippen LogP contribution in [0.5, 0.6) is 0 Å². The molecule has 0 saturated heterocycles. The first-order valence-corrected chi connectivity index (χ1v) is 9.60. The third-order valence-corrected chi connectivity index (χ3v) is 4.87. The Balaban J connectivity index is 1.74. The second-order valence-electron chi connectivity index (χ2n) is 6.34. The van der Waals surface area contributed by atoms with Gasteiger partial charge in [0.15, 0.2) is 0 Å². The Morgan fingerprint density at radius 3 is 2.53 bits per heavy atom. The van der Waals surface area contributed by atoms with Gasteiger partial charge in [-0.05, 0) is 53.2 Å². The number of nitrogens with zero attached hydrogens (tertiary/aromatic N) is 2. The highest BCUT2D eigenvalue weighted by Gasteiger charge is 2.29.